The summed E-state index contributed by atoms with van der Waals surface area (Å²) in [5, 5.41) is 0. The van der Waals surface area contributed by atoms with Gasteiger partial charge in [0.05, 0.1) is 5.56 Å². The normalized spacial score (nSPS) is 18.4. The van der Waals surface area contributed by atoms with Crippen LogP contribution in [-0.4, -0.2) is 57.7 Å². The summed E-state index contributed by atoms with van der Waals surface area (Å²) in [6.07, 6.45) is 0.669. The highest BCUT2D eigenvalue weighted by molar-refractivity contribution is 6.07. The number of urea groups is 1. The molecule has 2 saturated heterocycles. The van der Waals surface area contributed by atoms with Gasteiger partial charge in [0, 0.05) is 26.2 Å². The predicted octanol–water partition coefficient (Wildman–Crippen LogP) is 3.28. The Kier molecular flexibility index (Phi) is 5.28. The van der Waals surface area contributed by atoms with Gasteiger partial charge in [-0.2, -0.15) is 0 Å². The van der Waals surface area contributed by atoms with E-state index in [9.17, 15) is 18.8 Å². The van der Waals surface area contributed by atoms with E-state index in [1.54, 1.807) is 28.9 Å². The van der Waals surface area contributed by atoms with E-state index >= 15 is 0 Å². The SMILES string of the molecule is CCN1C(=O)N(Cc2ccccc2)C2(CCN(C(=O)c3ccccc3F)CC2)C1=O. The van der Waals surface area contributed by atoms with Crippen molar-refractivity contribution in [3.63, 3.8) is 0 Å². The topological polar surface area (TPSA) is 60.9 Å². The Bertz CT molecular complexity index is 971. The smallest absolute Gasteiger partial charge is 0.327 e. The molecule has 2 aromatic carbocycles. The molecule has 0 radical (unpaired) electrons. The van der Waals surface area contributed by atoms with E-state index in [1.165, 1.54) is 17.0 Å². The molecule has 0 aromatic heterocycles. The van der Waals surface area contributed by atoms with Crippen LogP contribution in [0.2, 0.25) is 0 Å². The van der Waals surface area contributed by atoms with Gasteiger partial charge in [0.15, 0.2) is 0 Å². The van der Waals surface area contributed by atoms with Gasteiger partial charge in [0.1, 0.15) is 11.4 Å². The average Bonchev–Trinajstić information content (AvgIpc) is 2.96. The number of imide groups is 1. The molecule has 4 rings (SSSR count). The summed E-state index contributed by atoms with van der Waals surface area (Å²) < 4.78 is 14.0. The lowest BCUT2D eigenvalue weighted by atomic mass is 9.85. The number of nitrogens with zero attached hydrogens (tertiary/aromatic N) is 3. The Morgan fingerprint density at radius 2 is 1.63 bits per heavy atom. The molecule has 2 fully saturated rings. The molecule has 0 unspecified atom stereocenters. The second-order valence-electron chi connectivity index (χ2n) is 7.71. The van der Waals surface area contributed by atoms with Crippen molar-refractivity contribution in [2.24, 2.45) is 0 Å². The standard InChI is InChI=1S/C23H24FN3O3/c1-2-26-21(29)23(27(22(26)30)16-17-8-4-3-5-9-17)12-14-25(15-13-23)20(28)18-10-6-7-11-19(18)24/h3-11H,2,12-16H2,1H3. The van der Waals surface area contributed by atoms with E-state index in [0.29, 0.717) is 25.9 Å². The van der Waals surface area contributed by atoms with E-state index in [1.807, 2.05) is 30.3 Å². The van der Waals surface area contributed by atoms with Crippen molar-refractivity contribution < 1.29 is 18.8 Å². The summed E-state index contributed by atoms with van der Waals surface area (Å²) in [7, 11) is 0. The highest BCUT2D eigenvalue weighted by atomic mass is 19.1. The van der Waals surface area contributed by atoms with Gasteiger partial charge in [-0.25, -0.2) is 9.18 Å². The monoisotopic (exact) mass is 409 g/mol. The summed E-state index contributed by atoms with van der Waals surface area (Å²) in [4.78, 5) is 43.5. The molecule has 0 bridgehead atoms. The van der Waals surface area contributed by atoms with E-state index < -0.39 is 11.4 Å². The summed E-state index contributed by atoms with van der Waals surface area (Å²) in [5.41, 5.74) is 0.00836. The summed E-state index contributed by atoms with van der Waals surface area (Å²) in [6.45, 7) is 3.00. The van der Waals surface area contributed by atoms with Crippen LogP contribution in [0, 0.1) is 5.82 Å². The Hall–Kier alpha value is -3.22. The molecule has 1 spiro atoms. The molecule has 0 aliphatic carbocycles. The molecular weight excluding hydrogens is 385 g/mol. The first-order valence-electron chi connectivity index (χ1n) is 10.2. The second-order valence-corrected chi connectivity index (χ2v) is 7.71. The molecule has 30 heavy (non-hydrogen) atoms. The van der Waals surface area contributed by atoms with Gasteiger partial charge in [-0.3, -0.25) is 14.5 Å². The number of carbonyl (C=O) groups is 3. The number of piperidine rings is 1. The first-order chi connectivity index (χ1) is 14.5. The number of benzene rings is 2. The minimum absolute atomic E-state index is 0.0265. The molecule has 7 heteroatoms. The maximum atomic E-state index is 14.0. The molecule has 0 N–H and O–H groups in total. The number of amides is 4. The van der Waals surface area contributed by atoms with E-state index in [2.05, 4.69) is 0 Å². The third-order valence-corrected chi connectivity index (χ3v) is 6.10. The van der Waals surface area contributed by atoms with Crippen molar-refractivity contribution in [3.8, 4) is 0 Å². The fraction of sp³-hybridized carbons (Fsp3) is 0.348. The van der Waals surface area contributed by atoms with Crippen LogP contribution in [0.25, 0.3) is 0 Å². The van der Waals surface area contributed by atoms with Crippen molar-refractivity contribution in [2.45, 2.75) is 31.8 Å². The minimum Gasteiger partial charge on any atom is -0.338 e. The molecular formula is C23H24FN3O3. The molecule has 156 valence electrons. The van der Waals surface area contributed by atoms with E-state index in [0.717, 1.165) is 5.56 Å². The molecule has 0 saturated carbocycles. The largest absolute Gasteiger partial charge is 0.338 e. The van der Waals surface area contributed by atoms with E-state index in [-0.39, 0.29) is 36.5 Å². The minimum atomic E-state index is -0.963. The lowest BCUT2D eigenvalue weighted by Crippen LogP contribution is -2.57. The van der Waals surface area contributed by atoms with Crippen molar-refractivity contribution in [1.82, 2.24) is 14.7 Å². The Morgan fingerprint density at radius 1 is 1.00 bits per heavy atom. The Morgan fingerprint density at radius 3 is 2.27 bits per heavy atom. The predicted molar refractivity (Wildman–Crippen MR) is 109 cm³/mol. The van der Waals surface area contributed by atoms with Crippen LogP contribution in [-0.2, 0) is 11.3 Å². The highest BCUT2D eigenvalue weighted by Gasteiger charge is 2.57. The third kappa shape index (κ3) is 3.24. The van der Waals surface area contributed by atoms with E-state index in [4.69, 9.17) is 0 Å². The zero-order valence-corrected chi connectivity index (χ0v) is 16.9. The maximum Gasteiger partial charge on any atom is 0.327 e. The van der Waals surface area contributed by atoms with Gasteiger partial charge in [-0.1, -0.05) is 42.5 Å². The quantitative estimate of drug-likeness (QED) is 0.728. The number of likely N-dealkylation sites (N-methyl/N-ethyl adjacent to an activating group) is 1. The second kappa shape index (κ2) is 7.89. The average molecular weight is 409 g/mol. The van der Waals surface area contributed by atoms with Crippen LogP contribution in [0.1, 0.15) is 35.7 Å². The van der Waals surface area contributed by atoms with Crippen molar-refractivity contribution >= 4 is 17.8 Å². The number of likely N-dealkylation sites (tertiary alicyclic amines) is 1. The summed E-state index contributed by atoms with van der Waals surface area (Å²) >= 11 is 0. The Balaban J connectivity index is 1.57. The van der Waals surface area contributed by atoms with Gasteiger partial charge >= 0.3 is 6.03 Å². The molecule has 4 amide bonds. The maximum absolute atomic E-state index is 14.0. The lowest BCUT2D eigenvalue weighted by molar-refractivity contribution is -0.135. The summed E-state index contributed by atoms with van der Waals surface area (Å²) in [5.74, 6) is -1.15. The van der Waals surface area contributed by atoms with Gasteiger partial charge in [-0.15, -0.1) is 0 Å². The van der Waals surface area contributed by atoms with Crippen molar-refractivity contribution in [1.29, 1.82) is 0 Å². The molecule has 2 aliphatic heterocycles. The summed E-state index contributed by atoms with van der Waals surface area (Å²) in [6, 6.07) is 15.2. The molecule has 2 heterocycles. The number of rotatable bonds is 4. The number of hydrogen-bond donors (Lipinski definition) is 0. The van der Waals surface area contributed by atoms with Crippen LogP contribution in [0.15, 0.2) is 54.6 Å². The first kappa shape index (κ1) is 20.1. The van der Waals surface area contributed by atoms with Gasteiger partial charge in [-0.05, 0) is 37.5 Å². The molecule has 6 nitrogen and oxygen atoms in total. The molecule has 2 aromatic rings. The van der Waals surface area contributed by atoms with Crippen LogP contribution >= 0.6 is 0 Å². The Labute approximate surface area is 174 Å². The fourth-order valence-electron chi connectivity index (χ4n) is 4.41. The van der Waals surface area contributed by atoms with Crippen LogP contribution in [0.5, 0.6) is 0 Å². The number of hydrogen-bond acceptors (Lipinski definition) is 3. The van der Waals surface area contributed by atoms with Crippen LogP contribution < -0.4 is 0 Å². The van der Waals surface area contributed by atoms with Crippen molar-refractivity contribution in [2.75, 3.05) is 19.6 Å². The number of halogens is 1. The van der Waals surface area contributed by atoms with Crippen LogP contribution in [0.4, 0.5) is 9.18 Å². The van der Waals surface area contributed by atoms with Crippen LogP contribution in [0.3, 0.4) is 0 Å². The van der Waals surface area contributed by atoms with Gasteiger partial charge in [0.2, 0.25) is 0 Å². The third-order valence-electron chi connectivity index (χ3n) is 6.10. The fourth-order valence-corrected chi connectivity index (χ4v) is 4.41. The zero-order chi connectivity index (χ0) is 21.3. The van der Waals surface area contributed by atoms with Gasteiger partial charge < -0.3 is 9.80 Å². The molecule has 0 atom stereocenters. The molecule has 2 aliphatic rings. The van der Waals surface area contributed by atoms with Gasteiger partial charge in [0.25, 0.3) is 11.8 Å². The zero-order valence-electron chi connectivity index (χ0n) is 16.9. The lowest BCUT2D eigenvalue weighted by Gasteiger charge is -2.42. The van der Waals surface area contributed by atoms with Crippen molar-refractivity contribution in [3.05, 3.63) is 71.5 Å². The highest BCUT2D eigenvalue weighted by Crippen LogP contribution is 2.38. The number of carbonyl (C=O) groups excluding carboxylic acids is 3. The first-order valence-corrected chi connectivity index (χ1v) is 10.2.